The number of anilines is 1. The Morgan fingerprint density at radius 1 is 1.01 bits per heavy atom. The lowest BCUT2D eigenvalue weighted by molar-refractivity contribution is -0.137. The molecule has 9 atom stereocenters. The number of primary amides is 1. The number of allylic oxidation sites excluding steroid dienone is 4. The number of methoxy groups -OCH3 is 2. The summed E-state index contributed by atoms with van der Waals surface area (Å²) < 4.78 is 22.2. The van der Waals surface area contributed by atoms with Crippen molar-refractivity contribution in [1.29, 1.82) is 0 Å². The van der Waals surface area contributed by atoms with E-state index in [4.69, 9.17) is 24.7 Å². The molecule has 2 aliphatic heterocycles. The number of piperidine rings is 1. The minimum atomic E-state index is -1.03. The van der Waals surface area contributed by atoms with Crippen molar-refractivity contribution >= 4 is 80.2 Å². The van der Waals surface area contributed by atoms with Crippen molar-refractivity contribution in [3.8, 4) is 0 Å². The number of benzene rings is 1. The third-order valence-electron chi connectivity index (χ3n) is 12.5. The van der Waals surface area contributed by atoms with Crippen molar-refractivity contribution in [2.45, 2.75) is 104 Å². The fraction of sp³-hybridized carbons (Fsp3) is 0.540. The number of carbonyl (C=O) groups is 8. The Hall–Kier alpha value is -5.41. The molecule has 2 heterocycles. The first-order valence-corrected chi connectivity index (χ1v) is 25.8. The topological polar surface area (TPSA) is 268 Å². The summed E-state index contributed by atoms with van der Waals surface area (Å²) in [4.78, 5) is 108. The molecule has 70 heavy (non-hydrogen) atoms. The predicted molar refractivity (Wildman–Crippen MR) is 268 cm³/mol. The molecule has 6 N–H and O–H groups in total. The van der Waals surface area contributed by atoms with E-state index in [2.05, 4.69) is 20.9 Å². The molecule has 5 amide bonds. The highest BCUT2D eigenvalue weighted by atomic mass is 33.1. The van der Waals surface area contributed by atoms with Gasteiger partial charge in [-0.2, -0.15) is 0 Å². The zero-order valence-corrected chi connectivity index (χ0v) is 42.7. The van der Waals surface area contributed by atoms with E-state index < -0.39 is 71.8 Å². The molecule has 3 aliphatic rings. The number of rotatable bonds is 16. The van der Waals surface area contributed by atoms with Crippen LogP contribution in [-0.2, 0) is 49.3 Å². The fourth-order valence-corrected chi connectivity index (χ4v) is 10.4. The number of nitrogens with two attached hydrogens (primary N) is 1. The number of nitrogens with one attached hydrogen (secondary N) is 3. The Kier molecular flexibility index (Phi) is 22.7. The number of Topliss-reactive ketones (excluding diaryl/α,β-unsaturated/α-hetero) is 2. The Labute approximate surface area is 417 Å². The van der Waals surface area contributed by atoms with Gasteiger partial charge in [-0.15, -0.1) is 0 Å². The van der Waals surface area contributed by atoms with Gasteiger partial charge in [0.25, 0.3) is 5.91 Å². The number of ether oxygens (including phenoxy) is 4. The summed E-state index contributed by atoms with van der Waals surface area (Å²) in [6, 6.07) is 5.06. The highest BCUT2D eigenvalue weighted by molar-refractivity contribution is 8.76. The van der Waals surface area contributed by atoms with Gasteiger partial charge >= 0.3 is 12.2 Å². The number of aliphatic hydroxyl groups excluding tert-OH is 1. The van der Waals surface area contributed by atoms with Crippen LogP contribution in [0.5, 0.6) is 0 Å². The van der Waals surface area contributed by atoms with E-state index in [9.17, 15) is 43.5 Å². The smallest absolute Gasteiger partial charge is 0.411 e. The molecule has 9 unspecified atom stereocenters. The lowest BCUT2D eigenvalue weighted by Gasteiger charge is -2.31. The third kappa shape index (κ3) is 16.3. The maximum atomic E-state index is 14.1. The van der Waals surface area contributed by atoms with E-state index in [1.807, 2.05) is 20.8 Å². The van der Waals surface area contributed by atoms with E-state index in [0.717, 1.165) is 6.08 Å². The largest absolute Gasteiger partial charge is 0.448 e. The minimum absolute atomic E-state index is 0.0649. The maximum absolute atomic E-state index is 14.1. The van der Waals surface area contributed by atoms with Crippen LogP contribution in [0.3, 0.4) is 0 Å². The number of amides is 5. The molecule has 0 radical (unpaired) electrons. The third-order valence-corrected chi connectivity index (χ3v) is 14.8. The molecule has 0 saturated carbocycles. The SMILES string of the molecule is CCc1c(NC(=O)OCCSSCCN=C2C(=O)C=C3NC(=O)/C(C)=C/C=CC(OC)C(OC(N)=O)C(C)=CC(C)C(O)C(OC)CC(C)CC2C3=O)cccc1C(=O)CC(C)C1CCC(=O)NC1=O. The van der Waals surface area contributed by atoms with E-state index in [1.54, 1.807) is 44.2 Å². The Morgan fingerprint density at radius 3 is 2.41 bits per heavy atom. The van der Waals surface area contributed by atoms with Crippen LogP contribution in [0.1, 0.15) is 89.6 Å². The lowest BCUT2D eigenvalue weighted by Crippen LogP contribution is -2.43. The maximum Gasteiger partial charge on any atom is 0.411 e. The number of ketones is 3. The second-order valence-electron chi connectivity index (χ2n) is 17.7. The van der Waals surface area contributed by atoms with Crippen molar-refractivity contribution < 1.29 is 62.4 Å². The minimum Gasteiger partial charge on any atom is -0.448 e. The average molecular weight is 1010 g/mol. The van der Waals surface area contributed by atoms with Crippen molar-refractivity contribution in [3.63, 3.8) is 0 Å². The van der Waals surface area contributed by atoms with Crippen LogP contribution in [0, 0.1) is 29.6 Å². The molecule has 1 saturated heterocycles. The van der Waals surface area contributed by atoms with Gasteiger partial charge in [-0.05, 0) is 68.6 Å². The summed E-state index contributed by atoms with van der Waals surface area (Å²) in [7, 11) is 5.76. The van der Waals surface area contributed by atoms with Crippen LogP contribution in [-0.4, -0.2) is 121 Å². The summed E-state index contributed by atoms with van der Waals surface area (Å²) in [6.45, 7) is 10.9. The Balaban J connectivity index is 1.38. The van der Waals surface area contributed by atoms with Crippen molar-refractivity contribution in [1.82, 2.24) is 10.6 Å². The monoisotopic (exact) mass is 1010 g/mol. The molecular formula is C50H67N5O13S2. The highest BCUT2D eigenvalue weighted by Gasteiger charge is 2.39. The zero-order chi connectivity index (χ0) is 51.7. The number of aliphatic hydroxyl groups is 1. The first-order valence-electron chi connectivity index (χ1n) is 23.4. The number of hydrogen-bond acceptors (Lipinski definition) is 16. The van der Waals surface area contributed by atoms with E-state index in [-0.39, 0.29) is 78.8 Å². The Bertz CT molecular complexity index is 2280. The first-order chi connectivity index (χ1) is 33.3. The Morgan fingerprint density at radius 2 is 1.74 bits per heavy atom. The molecule has 1 aromatic rings. The average Bonchev–Trinajstić information content (AvgIpc) is 3.31. The van der Waals surface area contributed by atoms with Crippen molar-refractivity contribution in [2.24, 2.45) is 40.3 Å². The molecule has 0 spiro atoms. The van der Waals surface area contributed by atoms with Crippen LogP contribution < -0.4 is 21.7 Å². The number of fused-ring (bicyclic) bond motifs is 2. The van der Waals surface area contributed by atoms with Crippen LogP contribution in [0.4, 0.5) is 15.3 Å². The van der Waals surface area contributed by atoms with Gasteiger partial charge in [0.1, 0.15) is 12.7 Å². The van der Waals surface area contributed by atoms with E-state index >= 15 is 0 Å². The molecule has 18 nitrogen and oxygen atoms in total. The second kappa shape index (κ2) is 27.8. The lowest BCUT2D eigenvalue weighted by atomic mass is 9.79. The van der Waals surface area contributed by atoms with Crippen molar-refractivity contribution in [3.05, 3.63) is 76.5 Å². The number of nitrogens with zero attached hydrogens (tertiary/aromatic N) is 1. The zero-order valence-electron chi connectivity index (χ0n) is 41.1. The predicted octanol–water partition coefficient (Wildman–Crippen LogP) is 6.02. The summed E-state index contributed by atoms with van der Waals surface area (Å²) >= 11 is 0. The fourth-order valence-electron chi connectivity index (χ4n) is 8.71. The standard InChI is InChI=1S/C50H67N5O13S2/c1-9-32-34(38(56)25-29(4)33-16-17-42(58)55-48(33)62)13-11-14-36(32)54-50(64)67-19-21-70-69-20-18-52-43-35-22-27(2)23-41(66-8)44(59)30(5)24-31(6)46(68-49(51)63)40(65-7)15-10-12-28(3)47(61)53-37(45(35)60)26-39(43)57/h10-15,24,26-27,29-30,33,35,40-41,44,46,59H,9,16-23,25H2,1-8H3,(H2,51,63)(H,53,61)(H,54,64)(H,55,58,62)/b15-10?,28-12+,31-24?,52-43?. The van der Waals surface area contributed by atoms with Gasteiger partial charge in [0, 0.05) is 79.8 Å². The van der Waals surface area contributed by atoms with Gasteiger partial charge in [-0.3, -0.25) is 44.4 Å². The molecule has 1 aliphatic carbocycles. The van der Waals surface area contributed by atoms with E-state index in [1.165, 1.54) is 54.9 Å². The summed E-state index contributed by atoms with van der Waals surface area (Å²) in [6.07, 6.45) is 3.83. The molecule has 382 valence electrons. The van der Waals surface area contributed by atoms with E-state index in [0.29, 0.717) is 53.2 Å². The van der Waals surface area contributed by atoms with Gasteiger partial charge in [-0.25, -0.2) is 9.59 Å². The summed E-state index contributed by atoms with van der Waals surface area (Å²) in [5.74, 6) is -4.07. The van der Waals surface area contributed by atoms with Crippen LogP contribution in [0.15, 0.2) is 70.4 Å². The number of aliphatic imine (C=N–C) groups is 1. The van der Waals surface area contributed by atoms with Crippen LogP contribution >= 0.6 is 21.6 Å². The number of carbonyl (C=O) groups excluding carboxylic acids is 8. The van der Waals surface area contributed by atoms with Crippen molar-refractivity contribution in [2.75, 3.05) is 44.2 Å². The molecule has 4 rings (SSSR count). The number of hydrogen-bond donors (Lipinski definition) is 5. The summed E-state index contributed by atoms with van der Waals surface area (Å²) in [5.41, 5.74) is 7.59. The normalized spacial score (nSPS) is 26.8. The summed E-state index contributed by atoms with van der Waals surface area (Å²) in [5, 5.41) is 19.2. The second-order valence-corrected chi connectivity index (χ2v) is 20.4. The molecule has 1 fully saturated rings. The van der Waals surface area contributed by atoms with Gasteiger partial charge in [0.2, 0.25) is 17.6 Å². The molecule has 1 aromatic carbocycles. The molecule has 20 heteroatoms. The molecule has 2 bridgehead atoms. The van der Waals surface area contributed by atoms with Gasteiger partial charge in [0.05, 0.1) is 29.5 Å². The van der Waals surface area contributed by atoms with Crippen LogP contribution in [0.2, 0.25) is 0 Å². The quantitative estimate of drug-likeness (QED) is 0.0417. The van der Waals surface area contributed by atoms with Gasteiger partial charge in [0.15, 0.2) is 17.7 Å². The first kappa shape index (κ1) is 57.2. The van der Waals surface area contributed by atoms with Gasteiger partial charge < -0.3 is 35.1 Å². The highest BCUT2D eigenvalue weighted by Crippen LogP contribution is 2.31. The molecule has 0 aromatic heterocycles. The molecular weight excluding hydrogens is 943 g/mol. The number of imide groups is 1. The van der Waals surface area contributed by atoms with Gasteiger partial charge in [-0.1, -0.05) is 85.7 Å². The van der Waals surface area contributed by atoms with Crippen LogP contribution in [0.25, 0.3) is 0 Å².